The average molecular weight is 619 g/mol. The van der Waals surface area contributed by atoms with Crippen LogP contribution in [0.3, 0.4) is 0 Å². The van der Waals surface area contributed by atoms with Gasteiger partial charge in [0.25, 0.3) is 0 Å². The van der Waals surface area contributed by atoms with Gasteiger partial charge in [0.2, 0.25) is 11.8 Å². The van der Waals surface area contributed by atoms with Gasteiger partial charge in [-0.05, 0) is 30.3 Å². The fourth-order valence-electron chi connectivity index (χ4n) is 4.17. The van der Waals surface area contributed by atoms with Crippen LogP contribution in [0.4, 0.5) is 20.6 Å². The molecule has 226 valence electrons. The molecule has 0 radical (unpaired) electrons. The van der Waals surface area contributed by atoms with Crippen molar-refractivity contribution in [3.8, 4) is 27.8 Å². The maximum atomic E-state index is 15.0. The highest BCUT2D eigenvalue weighted by Gasteiger charge is 2.16. The standard InChI is InChI=1S/C30H27FN6O6S/c1-36(30(40)41)11-12-37-16-22(33-17-37)26-14-21-29(44-26)25(9-10-32-21)43-23-8-7-18(13-19(23)31)34-27(38)15-28(39)35-20-5-3-4-6-24(20)42-2/h3-10,13-14,16-17H,11-12,15H2,1-2H3,(H,34,38)(H,35,39)(H,40,41). The highest BCUT2D eigenvalue weighted by atomic mass is 32.1. The van der Waals surface area contributed by atoms with Crippen molar-refractivity contribution in [1.82, 2.24) is 19.4 Å². The number of para-hydroxylation sites is 2. The van der Waals surface area contributed by atoms with Crippen LogP contribution in [-0.2, 0) is 16.1 Å². The van der Waals surface area contributed by atoms with Crippen LogP contribution in [0.1, 0.15) is 6.42 Å². The average Bonchev–Trinajstić information content (AvgIpc) is 3.65. The zero-order valence-corrected chi connectivity index (χ0v) is 24.4. The van der Waals surface area contributed by atoms with Crippen molar-refractivity contribution in [2.24, 2.45) is 0 Å². The molecule has 0 unspecified atom stereocenters. The molecule has 3 N–H and O–H groups in total. The molecular weight excluding hydrogens is 591 g/mol. The summed E-state index contributed by atoms with van der Waals surface area (Å²) in [5.41, 5.74) is 1.91. The number of nitrogens with one attached hydrogen (secondary N) is 2. The van der Waals surface area contributed by atoms with E-state index in [-0.39, 0.29) is 11.4 Å². The van der Waals surface area contributed by atoms with Crippen LogP contribution < -0.4 is 20.1 Å². The summed E-state index contributed by atoms with van der Waals surface area (Å²) in [5.74, 6) is -1.11. The second kappa shape index (κ2) is 13.2. The van der Waals surface area contributed by atoms with Gasteiger partial charge in [0.05, 0.1) is 39.9 Å². The topological polar surface area (TPSA) is 148 Å². The molecule has 5 aromatic rings. The molecule has 0 aliphatic carbocycles. The SMILES string of the molecule is COc1ccccc1NC(=O)CC(=O)Nc1ccc(Oc2ccnc3cc(-c4cn(CCN(C)C(=O)O)cn4)sc23)c(F)c1. The number of carbonyl (C=O) groups is 3. The predicted molar refractivity (Wildman–Crippen MR) is 163 cm³/mol. The van der Waals surface area contributed by atoms with Crippen LogP contribution in [0, 0.1) is 5.82 Å². The van der Waals surface area contributed by atoms with Gasteiger partial charge in [0, 0.05) is 50.4 Å². The summed E-state index contributed by atoms with van der Waals surface area (Å²) in [5, 5.41) is 14.2. The Labute approximate surface area is 254 Å². The molecule has 12 nitrogen and oxygen atoms in total. The summed E-state index contributed by atoms with van der Waals surface area (Å²) >= 11 is 1.37. The largest absolute Gasteiger partial charge is 0.495 e. The number of imidazole rings is 1. The molecule has 0 atom stereocenters. The number of fused-ring (bicyclic) bond motifs is 1. The fourth-order valence-corrected chi connectivity index (χ4v) is 5.19. The summed E-state index contributed by atoms with van der Waals surface area (Å²) in [6.07, 6.45) is 3.51. The van der Waals surface area contributed by atoms with E-state index in [1.807, 2.05) is 12.3 Å². The van der Waals surface area contributed by atoms with Gasteiger partial charge in [0.1, 0.15) is 17.9 Å². The van der Waals surface area contributed by atoms with Gasteiger partial charge in [-0.1, -0.05) is 12.1 Å². The molecule has 0 spiro atoms. The van der Waals surface area contributed by atoms with Crippen LogP contribution in [0.5, 0.6) is 17.2 Å². The summed E-state index contributed by atoms with van der Waals surface area (Å²) in [6.45, 7) is 0.753. The van der Waals surface area contributed by atoms with E-state index in [9.17, 15) is 14.4 Å². The van der Waals surface area contributed by atoms with Gasteiger partial charge in [-0.3, -0.25) is 14.6 Å². The van der Waals surface area contributed by atoms with E-state index in [0.717, 1.165) is 10.9 Å². The quantitative estimate of drug-likeness (QED) is 0.160. The zero-order valence-electron chi connectivity index (χ0n) is 23.6. The van der Waals surface area contributed by atoms with Crippen LogP contribution >= 0.6 is 11.3 Å². The molecule has 44 heavy (non-hydrogen) atoms. The van der Waals surface area contributed by atoms with E-state index in [0.29, 0.717) is 46.2 Å². The van der Waals surface area contributed by atoms with E-state index in [4.69, 9.17) is 14.6 Å². The lowest BCUT2D eigenvalue weighted by atomic mass is 10.2. The minimum atomic E-state index is -1.01. The number of hydrogen-bond donors (Lipinski definition) is 3. The van der Waals surface area contributed by atoms with Gasteiger partial charge in [0.15, 0.2) is 11.6 Å². The smallest absolute Gasteiger partial charge is 0.407 e. The first-order valence-corrected chi connectivity index (χ1v) is 14.1. The number of likely N-dealkylation sites (N-methyl/N-ethyl adjacent to an activating group) is 1. The Balaban J connectivity index is 1.23. The third-order valence-electron chi connectivity index (χ3n) is 6.42. The molecule has 0 fully saturated rings. The molecule has 0 bridgehead atoms. The Morgan fingerprint density at radius 2 is 1.82 bits per heavy atom. The third kappa shape index (κ3) is 7.10. The van der Waals surface area contributed by atoms with Gasteiger partial charge in [-0.15, -0.1) is 11.3 Å². The number of methoxy groups -OCH3 is 1. The normalized spacial score (nSPS) is 10.8. The van der Waals surface area contributed by atoms with Crippen molar-refractivity contribution in [2.75, 3.05) is 31.3 Å². The number of halogens is 1. The van der Waals surface area contributed by atoms with E-state index in [1.165, 1.54) is 42.5 Å². The second-order valence-electron chi connectivity index (χ2n) is 9.56. The number of rotatable bonds is 11. The first kappa shape index (κ1) is 30.0. The number of anilines is 2. The van der Waals surface area contributed by atoms with E-state index in [1.54, 1.807) is 47.4 Å². The lowest BCUT2D eigenvalue weighted by Crippen LogP contribution is -2.28. The molecule has 3 heterocycles. The number of benzene rings is 2. The minimum absolute atomic E-state index is 0.0637. The number of amides is 3. The Bertz CT molecular complexity index is 1840. The summed E-state index contributed by atoms with van der Waals surface area (Å²) in [6, 6.07) is 14.2. The predicted octanol–water partition coefficient (Wildman–Crippen LogP) is 5.68. The zero-order chi connectivity index (χ0) is 31.2. The Hall–Kier alpha value is -5.50. The number of ether oxygens (including phenoxy) is 2. The van der Waals surface area contributed by atoms with E-state index in [2.05, 4.69) is 20.6 Å². The molecule has 0 aliphatic rings. The molecule has 5 rings (SSSR count). The first-order chi connectivity index (χ1) is 21.2. The Kier molecular flexibility index (Phi) is 9.00. The molecule has 0 saturated heterocycles. The number of hydrogen-bond acceptors (Lipinski definition) is 8. The summed E-state index contributed by atoms with van der Waals surface area (Å²) in [4.78, 5) is 46.6. The van der Waals surface area contributed by atoms with Crippen molar-refractivity contribution in [1.29, 1.82) is 0 Å². The third-order valence-corrected chi connectivity index (χ3v) is 7.58. The molecular formula is C30H27FN6O6S. The number of nitrogens with zero attached hydrogens (tertiary/aromatic N) is 4. The number of carbonyl (C=O) groups excluding carboxylic acids is 2. The fraction of sp³-hybridized carbons (Fsp3) is 0.167. The number of pyridine rings is 1. The Morgan fingerprint density at radius 1 is 1.02 bits per heavy atom. The van der Waals surface area contributed by atoms with Gasteiger partial charge in [-0.2, -0.15) is 0 Å². The maximum Gasteiger partial charge on any atom is 0.407 e. The van der Waals surface area contributed by atoms with Crippen LogP contribution in [0.2, 0.25) is 0 Å². The molecule has 3 amide bonds. The number of thiophene rings is 1. The highest BCUT2D eigenvalue weighted by molar-refractivity contribution is 7.22. The van der Waals surface area contributed by atoms with Gasteiger partial charge >= 0.3 is 6.09 Å². The van der Waals surface area contributed by atoms with Crippen molar-refractivity contribution in [2.45, 2.75) is 13.0 Å². The van der Waals surface area contributed by atoms with Crippen LogP contribution in [0.25, 0.3) is 20.8 Å². The lowest BCUT2D eigenvalue weighted by molar-refractivity contribution is -0.123. The number of aromatic nitrogens is 3. The second-order valence-corrected chi connectivity index (χ2v) is 10.6. The van der Waals surface area contributed by atoms with Crippen LogP contribution in [-0.4, -0.2) is 63.2 Å². The Morgan fingerprint density at radius 3 is 2.59 bits per heavy atom. The highest BCUT2D eigenvalue weighted by Crippen LogP contribution is 2.39. The first-order valence-electron chi connectivity index (χ1n) is 13.2. The minimum Gasteiger partial charge on any atom is -0.495 e. The molecule has 0 saturated carbocycles. The summed E-state index contributed by atoms with van der Waals surface area (Å²) < 4.78 is 28.6. The van der Waals surface area contributed by atoms with Crippen molar-refractivity contribution >= 4 is 50.8 Å². The lowest BCUT2D eigenvalue weighted by Gasteiger charge is -2.12. The molecule has 14 heteroatoms. The van der Waals surface area contributed by atoms with Crippen molar-refractivity contribution < 1.29 is 33.4 Å². The van der Waals surface area contributed by atoms with Gasteiger partial charge in [-0.25, -0.2) is 14.2 Å². The monoisotopic (exact) mass is 618 g/mol. The molecule has 0 aliphatic heterocycles. The molecule has 2 aromatic carbocycles. The van der Waals surface area contributed by atoms with E-state index >= 15 is 4.39 Å². The van der Waals surface area contributed by atoms with Crippen molar-refractivity contribution in [3.05, 3.63) is 79.1 Å². The van der Waals surface area contributed by atoms with Crippen LogP contribution in [0.15, 0.2) is 73.3 Å². The number of carboxylic acid groups (broad SMARTS) is 1. The molecule has 3 aromatic heterocycles. The maximum absolute atomic E-state index is 15.0. The van der Waals surface area contributed by atoms with E-state index < -0.39 is 30.1 Å². The van der Waals surface area contributed by atoms with Crippen molar-refractivity contribution in [3.63, 3.8) is 0 Å². The van der Waals surface area contributed by atoms with Gasteiger partial charge < -0.3 is 34.7 Å². The summed E-state index contributed by atoms with van der Waals surface area (Å²) in [7, 11) is 2.97.